The molecule has 1 heterocycles. The largest absolute Gasteiger partial charge is 0.307 e. The van der Waals surface area contributed by atoms with Crippen LogP contribution in [-0.4, -0.2) is 5.54 Å². The Bertz CT molecular complexity index is 268. The molecular weight excluding hydrogens is 246 g/mol. The van der Waals surface area contributed by atoms with Crippen LogP contribution in [0.4, 0.5) is 0 Å². The summed E-state index contributed by atoms with van der Waals surface area (Å²) >= 11 is 5.24. The molecule has 0 saturated carbocycles. The molecule has 1 rings (SSSR count). The molecule has 3 heteroatoms. The van der Waals surface area contributed by atoms with Gasteiger partial charge in [0.15, 0.2) is 0 Å². The second-order valence-electron chi connectivity index (χ2n) is 3.82. The van der Waals surface area contributed by atoms with Crippen molar-refractivity contribution in [2.75, 3.05) is 0 Å². The van der Waals surface area contributed by atoms with Gasteiger partial charge in [0.25, 0.3) is 0 Å². The molecule has 0 aliphatic carbocycles. The van der Waals surface area contributed by atoms with E-state index in [2.05, 4.69) is 53.5 Å². The van der Waals surface area contributed by atoms with E-state index >= 15 is 0 Å². The van der Waals surface area contributed by atoms with Crippen LogP contribution in [0.15, 0.2) is 15.9 Å². The van der Waals surface area contributed by atoms with Crippen LogP contribution < -0.4 is 5.32 Å². The average Bonchev–Trinajstić information content (AvgIpc) is 2.48. The van der Waals surface area contributed by atoms with Gasteiger partial charge in [-0.3, -0.25) is 0 Å². The number of hydrogen-bond donors (Lipinski definition) is 1. The fourth-order valence-corrected chi connectivity index (χ4v) is 2.29. The molecule has 0 radical (unpaired) electrons. The van der Waals surface area contributed by atoms with Crippen molar-refractivity contribution in [1.82, 2.24) is 5.32 Å². The quantitative estimate of drug-likeness (QED) is 0.870. The zero-order chi connectivity index (χ0) is 9.90. The summed E-state index contributed by atoms with van der Waals surface area (Å²) in [5, 5.41) is 5.65. The van der Waals surface area contributed by atoms with E-state index in [-0.39, 0.29) is 5.54 Å². The van der Waals surface area contributed by atoms with E-state index in [0.29, 0.717) is 0 Å². The molecule has 1 N–H and O–H groups in total. The molecule has 0 spiro atoms. The zero-order valence-electron chi connectivity index (χ0n) is 8.36. The number of nitrogens with one attached hydrogen (secondary N) is 1. The maximum Gasteiger partial charge on any atom is 0.0305 e. The van der Waals surface area contributed by atoms with E-state index in [1.807, 2.05) is 0 Å². The summed E-state index contributed by atoms with van der Waals surface area (Å²) in [6.45, 7) is 7.64. The van der Waals surface area contributed by atoms with Crippen molar-refractivity contribution < 1.29 is 0 Å². The van der Waals surface area contributed by atoms with Gasteiger partial charge in [-0.1, -0.05) is 6.92 Å². The third-order valence-electron chi connectivity index (χ3n) is 2.25. The second kappa shape index (κ2) is 4.58. The van der Waals surface area contributed by atoms with Crippen LogP contribution in [0.2, 0.25) is 0 Å². The molecular formula is C10H16BrNS. The van der Waals surface area contributed by atoms with Crippen molar-refractivity contribution in [3.63, 3.8) is 0 Å². The number of thiophene rings is 1. The van der Waals surface area contributed by atoms with Gasteiger partial charge in [-0.25, -0.2) is 0 Å². The smallest absolute Gasteiger partial charge is 0.0305 e. The third kappa shape index (κ3) is 3.79. The van der Waals surface area contributed by atoms with Crippen LogP contribution in [0.5, 0.6) is 0 Å². The highest BCUT2D eigenvalue weighted by molar-refractivity contribution is 9.10. The van der Waals surface area contributed by atoms with Crippen molar-refractivity contribution in [3.8, 4) is 0 Å². The molecule has 0 atom stereocenters. The highest BCUT2D eigenvalue weighted by atomic mass is 79.9. The van der Waals surface area contributed by atoms with Crippen molar-refractivity contribution in [2.24, 2.45) is 0 Å². The fraction of sp³-hybridized carbons (Fsp3) is 0.600. The number of rotatable bonds is 4. The van der Waals surface area contributed by atoms with E-state index in [1.165, 1.54) is 9.35 Å². The summed E-state index contributed by atoms with van der Waals surface area (Å²) in [6.07, 6.45) is 1.15. The highest BCUT2D eigenvalue weighted by Crippen LogP contribution is 2.20. The first kappa shape index (κ1) is 11.2. The Morgan fingerprint density at radius 3 is 2.69 bits per heavy atom. The maximum absolute atomic E-state index is 3.53. The van der Waals surface area contributed by atoms with Crippen molar-refractivity contribution in [3.05, 3.63) is 20.8 Å². The predicted molar refractivity (Wildman–Crippen MR) is 63.2 cm³/mol. The molecule has 0 aliphatic rings. The van der Waals surface area contributed by atoms with Crippen LogP contribution in [0.1, 0.15) is 32.1 Å². The lowest BCUT2D eigenvalue weighted by atomic mass is 10.0. The normalized spacial score (nSPS) is 12.0. The second-order valence-corrected chi connectivity index (χ2v) is 5.73. The van der Waals surface area contributed by atoms with Crippen LogP contribution in [0, 0.1) is 0 Å². The first-order valence-corrected chi connectivity index (χ1v) is 6.19. The fourth-order valence-electron chi connectivity index (χ4n) is 0.898. The van der Waals surface area contributed by atoms with Crippen molar-refractivity contribution >= 4 is 27.3 Å². The van der Waals surface area contributed by atoms with Crippen LogP contribution >= 0.6 is 27.3 Å². The predicted octanol–water partition coefficient (Wildman–Crippen LogP) is 3.79. The lowest BCUT2D eigenvalue weighted by Gasteiger charge is -2.24. The van der Waals surface area contributed by atoms with Gasteiger partial charge in [-0.2, -0.15) is 0 Å². The Morgan fingerprint density at radius 2 is 2.23 bits per heavy atom. The molecule has 1 aromatic heterocycles. The summed E-state index contributed by atoms with van der Waals surface area (Å²) in [5.41, 5.74) is 0.246. The van der Waals surface area contributed by atoms with Crippen molar-refractivity contribution in [2.45, 2.75) is 39.3 Å². The first-order valence-electron chi connectivity index (χ1n) is 4.51. The van der Waals surface area contributed by atoms with E-state index in [1.54, 1.807) is 11.3 Å². The number of halogens is 1. The van der Waals surface area contributed by atoms with Gasteiger partial charge >= 0.3 is 0 Å². The Labute approximate surface area is 92.7 Å². The minimum atomic E-state index is 0.246. The number of hydrogen-bond acceptors (Lipinski definition) is 2. The molecule has 13 heavy (non-hydrogen) atoms. The standard InChI is InChI=1S/C10H16BrNS/c1-4-10(2,3)12-6-9-5-8(11)7-13-9/h5,7,12H,4,6H2,1-3H3. The summed E-state index contributed by atoms with van der Waals surface area (Å²) in [7, 11) is 0. The molecule has 0 amide bonds. The van der Waals surface area contributed by atoms with Crippen LogP contribution in [0.3, 0.4) is 0 Å². The Kier molecular flexibility index (Phi) is 3.95. The molecule has 0 bridgehead atoms. The lowest BCUT2D eigenvalue weighted by Crippen LogP contribution is -2.37. The van der Waals surface area contributed by atoms with E-state index in [9.17, 15) is 0 Å². The third-order valence-corrected chi connectivity index (χ3v) is 3.94. The summed E-state index contributed by atoms with van der Waals surface area (Å²) in [6, 6.07) is 2.17. The van der Waals surface area contributed by atoms with Gasteiger partial charge in [0.05, 0.1) is 0 Å². The van der Waals surface area contributed by atoms with Gasteiger partial charge in [0.1, 0.15) is 0 Å². The molecule has 0 saturated heterocycles. The minimum absolute atomic E-state index is 0.246. The molecule has 1 nitrogen and oxygen atoms in total. The Morgan fingerprint density at radius 1 is 1.54 bits per heavy atom. The zero-order valence-corrected chi connectivity index (χ0v) is 10.8. The minimum Gasteiger partial charge on any atom is -0.307 e. The molecule has 0 aromatic carbocycles. The van der Waals surface area contributed by atoms with Gasteiger partial charge in [0, 0.05) is 26.8 Å². The molecule has 0 fully saturated rings. The van der Waals surface area contributed by atoms with Gasteiger partial charge in [-0.15, -0.1) is 11.3 Å². The first-order chi connectivity index (χ1) is 6.03. The summed E-state index contributed by atoms with van der Waals surface area (Å²) < 4.78 is 1.18. The SMILES string of the molecule is CCC(C)(C)NCc1cc(Br)cs1. The van der Waals surface area contributed by atoms with Crippen LogP contribution in [-0.2, 0) is 6.54 Å². The topological polar surface area (TPSA) is 12.0 Å². The summed E-state index contributed by atoms with van der Waals surface area (Å²) in [5.74, 6) is 0. The van der Waals surface area contributed by atoms with E-state index < -0.39 is 0 Å². The highest BCUT2D eigenvalue weighted by Gasteiger charge is 2.13. The molecule has 1 aromatic rings. The van der Waals surface area contributed by atoms with E-state index in [0.717, 1.165) is 13.0 Å². The van der Waals surface area contributed by atoms with Crippen LogP contribution in [0.25, 0.3) is 0 Å². The Balaban J connectivity index is 2.43. The van der Waals surface area contributed by atoms with Gasteiger partial charge < -0.3 is 5.32 Å². The van der Waals surface area contributed by atoms with Gasteiger partial charge in [0.2, 0.25) is 0 Å². The van der Waals surface area contributed by atoms with E-state index in [4.69, 9.17) is 0 Å². The monoisotopic (exact) mass is 261 g/mol. The average molecular weight is 262 g/mol. The van der Waals surface area contributed by atoms with Gasteiger partial charge in [-0.05, 0) is 42.3 Å². The maximum atomic E-state index is 3.53. The molecule has 74 valence electrons. The summed E-state index contributed by atoms with van der Waals surface area (Å²) in [4.78, 5) is 1.38. The Hall–Kier alpha value is 0.140. The van der Waals surface area contributed by atoms with Crippen molar-refractivity contribution in [1.29, 1.82) is 0 Å². The molecule has 0 unspecified atom stereocenters. The molecule has 0 aliphatic heterocycles. The lowest BCUT2D eigenvalue weighted by molar-refractivity contribution is 0.376.